The number of halogens is 1. The first kappa shape index (κ1) is 21.5. The maximum Gasteiger partial charge on any atom is 0.262 e. The lowest BCUT2D eigenvalue weighted by Gasteiger charge is -2.10. The van der Waals surface area contributed by atoms with E-state index in [4.69, 9.17) is 21.1 Å². The Balaban J connectivity index is 1.85. The van der Waals surface area contributed by atoms with Crippen molar-refractivity contribution in [1.82, 2.24) is 4.57 Å². The Hall–Kier alpha value is -3.77. The molecule has 0 fully saturated rings. The standard InChI is InChI=1S/C25H21ClN2O4/c1-15-23(27-24(29)19-6-4-5-7-22(19)32-3)20-14-18(31-2)12-13-21(20)28(15)25(30)16-8-10-17(26)11-9-16/h4-14H,1-3H3,(H,27,29). The summed E-state index contributed by atoms with van der Waals surface area (Å²) in [4.78, 5) is 26.5. The van der Waals surface area contributed by atoms with Gasteiger partial charge in [-0.3, -0.25) is 14.2 Å². The second kappa shape index (κ2) is 8.77. The summed E-state index contributed by atoms with van der Waals surface area (Å²) in [6, 6.07) is 19.0. The fraction of sp³-hybridized carbons (Fsp3) is 0.120. The molecule has 1 heterocycles. The lowest BCUT2D eigenvalue weighted by Crippen LogP contribution is -2.16. The number of nitrogens with zero attached hydrogens (tertiary/aromatic N) is 1. The van der Waals surface area contributed by atoms with E-state index >= 15 is 0 Å². The van der Waals surface area contributed by atoms with Crippen LogP contribution in [0, 0.1) is 6.92 Å². The average Bonchev–Trinajstić information content (AvgIpc) is 3.09. The van der Waals surface area contributed by atoms with Crippen molar-refractivity contribution in [2.24, 2.45) is 0 Å². The van der Waals surface area contributed by atoms with Crippen molar-refractivity contribution in [3.63, 3.8) is 0 Å². The summed E-state index contributed by atoms with van der Waals surface area (Å²) in [6.45, 7) is 1.79. The van der Waals surface area contributed by atoms with E-state index in [0.29, 0.717) is 49.9 Å². The molecule has 162 valence electrons. The van der Waals surface area contributed by atoms with Crippen molar-refractivity contribution < 1.29 is 19.1 Å². The Morgan fingerprint density at radius 3 is 2.34 bits per heavy atom. The summed E-state index contributed by atoms with van der Waals surface area (Å²) in [5, 5.41) is 4.20. The first-order chi connectivity index (χ1) is 15.4. The summed E-state index contributed by atoms with van der Waals surface area (Å²) in [6.07, 6.45) is 0. The highest BCUT2D eigenvalue weighted by molar-refractivity contribution is 6.30. The van der Waals surface area contributed by atoms with Gasteiger partial charge in [0.2, 0.25) is 0 Å². The van der Waals surface area contributed by atoms with E-state index in [2.05, 4.69) is 5.32 Å². The van der Waals surface area contributed by atoms with Crippen LogP contribution < -0.4 is 14.8 Å². The fourth-order valence-corrected chi connectivity index (χ4v) is 3.80. The van der Waals surface area contributed by atoms with Crippen LogP contribution in [0.25, 0.3) is 10.9 Å². The Bertz CT molecular complexity index is 1330. The van der Waals surface area contributed by atoms with E-state index < -0.39 is 0 Å². The smallest absolute Gasteiger partial charge is 0.262 e. The summed E-state index contributed by atoms with van der Waals surface area (Å²) >= 11 is 5.98. The number of anilines is 1. The van der Waals surface area contributed by atoms with Crippen LogP contribution in [0.3, 0.4) is 0 Å². The first-order valence-corrected chi connectivity index (χ1v) is 10.3. The van der Waals surface area contributed by atoms with Crippen molar-refractivity contribution in [1.29, 1.82) is 0 Å². The Morgan fingerprint density at radius 2 is 1.66 bits per heavy atom. The van der Waals surface area contributed by atoms with Gasteiger partial charge < -0.3 is 14.8 Å². The molecule has 1 N–H and O–H groups in total. The summed E-state index contributed by atoms with van der Waals surface area (Å²) in [7, 11) is 3.08. The third-order valence-corrected chi connectivity index (χ3v) is 5.55. The van der Waals surface area contributed by atoms with Gasteiger partial charge in [0.15, 0.2) is 0 Å². The highest BCUT2D eigenvalue weighted by atomic mass is 35.5. The predicted molar refractivity (Wildman–Crippen MR) is 125 cm³/mol. The minimum atomic E-state index is -0.341. The van der Waals surface area contributed by atoms with Gasteiger partial charge in [-0.05, 0) is 61.5 Å². The van der Waals surface area contributed by atoms with Gasteiger partial charge in [0.1, 0.15) is 11.5 Å². The molecule has 0 bridgehead atoms. The van der Waals surface area contributed by atoms with Gasteiger partial charge in [-0.1, -0.05) is 23.7 Å². The molecule has 0 aliphatic rings. The number of fused-ring (bicyclic) bond motifs is 1. The normalized spacial score (nSPS) is 10.8. The number of aromatic nitrogens is 1. The van der Waals surface area contributed by atoms with Crippen molar-refractivity contribution in [2.75, 3.05) is 19.5 Å². The molecule has 0 atom stereocenters. The third-order valence-electron chi connectivity index (χ3n) is 5.30. The molecule has 1 aromatic heterocycles. The molecule has 7 heteroatoms. The molecule has 0 saturated carbocycles. The number of hydrogen-bond acceptors (Lipinski definition) is 4. The molecular formula is C25H21ClN2O4. The average molecular weight is 449 g/mol. The number of amides is 1. The third kappa shape index (κ3) is 3.81. The minimum Gasteiger partial charge on any atom is -0.497 e. The predicted octanol–water partition coefficient (Wildman–Crippen LogP) is 5.56. The number of benzene rings is 3. The van der Waals surface area contributed by atoms with Crippen molar-refractivity contribution in [3.05, 3.63) is 88.6 Å². The van der Waals surface area contributed by atoms with Crippen LogP contribution in [0.1, 0.15) is 26.4 Å². The first-order valence-electron chi connectivity index (χ1n) is 9.88. The lowest BCUT2D eigenvalue weighted by atomic mass is 10.1. The minimum absolute atomic E-state index is 0.230. The maximum atomic E-state index is 13.4. The molecule has 1 amide bonds. The van der Waals surface area contributed by atoms with E-state index in [9.17, 15) is 9.59 Å². The largest absolute Gasteiger partial charge is 0.497 e. The van der Waals surface area contributed by atoms with Gasteiger partial charge in [0.25, 0.3) is 11.8 Å². The van der Waals surface area contributed by atoms with E-state index in [1.54, 1.807) is 85.3 Å². The summed E-state index contributed by atoms with van der Waals surface area (Å²) < 4.78 is 12.3. The molecule has 0 radical (unpaired) electrons. The van der Waals surface area contributed by atoms with Gasteiger partial charge in [0.05, 0.1) is 31.0 Å². The number of rotatable bonds is 5. The highest BCUT2D eigenvalue weighted by Crippen LogP contribution is 2.35. The van der Waals surface area contributed by atoms with Crippen LogP contribution in [-0.4, -0.2) is 30.6 Å². The second-order valence-electron chi connectivity index (χ2n) is 7.15. The van der Waals surface area contributed by atoms with Gasteiger partial charge in [-0.25, -0.2) is 0 Å². The topological polar surface area (TPSA) is 69.6 Å². The van der Waals surface area contributed by atoms with Gasteiger partial charge in [0, 0.05) is 21.7 Å². The molecule has 3 aromatic carbocycles. The van der Waals surface area contributed by atoms with Gasteiger partial charge >= 0.3 is 0 Å². The van der Waals surface area contributed by atoms with Crippen LogP contribution in [0.5, 0.6) is 11.5 Å². The van der Waals surface area contributed by atoms with E-state index in [0.717, 1.165) is 0 Å². The molecule has 4 aromatic rings. The Labute approximate surface area is 190 Å². The number of methoxy groups -OCH3 is 2. The summed E-state index contributed by atoms with van der Waals surface area (Å²) in [5.74, 6) is 0.501. The van der Waals surface area contributed by atoms with E-state index in [1.807, 2.05) is 0 Å². The number of carbonyl (C=O) groups is 2. The van der Waals surface area contributed by atoms with Crippen LogP contribution >= 0.6 is 11.6 Å². The highest BCUT2D eigenvalue weighted by Gasteiger charge is 2.23. The quantitative estimate of drug-likeness (QED) is 0.434. The monoisotopic (exact) mass is 448 g/mol. The number of para-hydroxylation sites is 1. The summed E-state index contributed by atoms with van der Waals surface area (Å²) in [5.41, 5.74) is 2.64. The van der Waals surface area contributed by atoms with Crippen molar-refractivity contribution >= 4 is 40.0 Å². The molecule has 0 aliphatic heterocycles. The molecule has 0 aliphatic carbocycles. The lowest BCUT2D eigenvalue weighted by molar-refractivity contribution is 0.0961. The maximum absolute atomic E-state index is 13.4. The van der Waals surface area contributed by atoms with Gasteiger partial charge in [-0.15, -0.1) is 0 Å². The number of hydrogen-bond donors (Lipinski definition) is 1. The van der Waals surface area contributed by atoms with Crippen molar-refractivity contribution in [2.45, 2.75) is 6.92 Å². The van der Waals surface area contributed by atoms with Crippen molar-refractivity contribution in [3.8, 4) is 11.5 Å². The molecule has 0 spiro atoms. The van der Waals surface area contributed by atoms with E-state index in [-0.39, 0.29) is 11.8 Å². The number of nitrogens with one attached hydrogen (secondary N) is 1. The zero-order chi connectivity index (χ0) is 22.8. The van der Waals surface area contributed by atoms with Crippen LogP contribution in [0.15, 0.2) is 66.7 Å². The second-order valence-corrected chi connectivity index (χ2v) is 7.58. The van der Waals surface area contributed by atoms with Crippen LogP contribution in [-0.2, 0) is 0 Å². The number of carbonyl (C=O) groups excluding carboxylic acids is 2. The zero-order valence-electron chi connectivity index (χ0n) is 17.8. The van der Waals surface area contributed by atoms with Crippen LogP contribution in [0.2, 0.25) is 5.02 Å². The SMILES string of the molecule is COc1ccc2c(c1)c(NC(=O)c1ccccc1OC)c(C)n2C(=O)c1ccc(Cl)cc1. The Kier molecular flexibility index (Phi) is 5.88. The molecule has 0 unspecified atom stereocenters. The van der Waals surface area contributed by atoms with Crippen LogP contribution in [0.4, 0.5) is 5.69 Å². The molecule has 32 heavy (non-hydrogen) atoms. The Morgan fingerprint density at radius 1 is 0.938 bits per heavy atom. The number of ether oxygens (including phenoxy) is 2. The fourth-order valence-electron chi connectivity index (χ4n) is 3.68. The van der Waals surface area contributed by atoms with E-state index in [1.165, 1.54) is 7.11 Å². The molecule has 0 saturated heterocycles. The molecule has 6 nitrogen and oxygen atoms in total. The zero-order valence-corrected chi connectivity index (χ0v) is 18.6. The molecule has 4 rings (SSSR count). The van der Waals surface area contributed by atoms with Gasteiger partial charge in [-0.2, -0.15) is 0 Å². The molecular weight excluding hydrogens is 428 g/mol.